The molecule has 4 heterocycles. The molecule has 0 atom stereocenters. The Balaban J connectivity index is 1.36. The maximum Gasteiger partial charge on any atom is 0.235 e. The molecule has 48 heavy (non-hydrogen) atoms. The molecule has 5 heteroatoms. The lowest BCUT2D eigenvalue weighted by Crippen LogP contribution is -2.03. The Kier molecular flexibility index (Phi) is 4.85. The molecular formula is C43H23N5. The Bertz CT molecular complexity index is 3190. The smallest absolute Gasteiger partial charge is 0.235 e. The van der Waals surface area contributed by atoms with Gasteiger partial charge < -0.3 is 4.40 Å². The molecule has 11 aromatic rings. The lowest BCUT2D eigenvalue weighted by Gasteiger charge is -2.12. The number of aromatic nitrogens is 4. The van der Waals surface area contributed by atoms with E-state index < -0.39 is 0 Å². The van der Waals surface area contributed by atoms with Crippen LogP contribution in [0, 0.1) is 11.3 Å². The van der Waals surface area contributed by atoms with E-state index >= 15 is 0 Å². The van der Waals surface area contributed by atoms with Crippen LogP contribution in [0.4, 0.5) is 0 Å². The Labute approximate surface area is 273 Å². The highest BCUT2D eigenvalue weighted by Gasteiger charge is 2.25. The summed E-state index contributed by atoms with van der Waals surface area (Å²) in [6, 6.07) is 51.1. The second kappa shape index (κ2) is 9.16. The maximum absolute atomic E-state index is 9.70. The van der Waals surface area contributed by atoms with Gasteiger partial charge in [-0.3, -0.25) is 4.57 Å². The quantitative estimate of drug-likeness (QED) is 0.196. The zero-order valence-electron chi connectivity index (χ0n) is 25.5. The topological polar surface area (TPSA) is 58.9 Å². The molecule has 0 spiro atoms. The third-order valence-electron chi connectivity index (χ3n) is 10.0. The van der Waals surface area contributed by atoms with Crippen molar-refractivity contribution >= 4 is 81.6 Å². The highest BCUT2D eigenvalue weighted by molar-refractivity contribution is 6.36. The van der Waals surface area contributed by atoms with Gasteiger partial charge in [0, 0.05) is 43.3 Å². The van der Waals surface area contributed by atoms with Crippen molar-refractivity contribution in [2.24, 2.45) is 0 Å². The highest BCUT2D eigenvalue weighted by Crippen LogP contribution is 2.47. The van der Waals surface area contributed by atoms with Gasteiger partial charge in [-0.25, -0.2) is 9.97 Å². The zero-order chi connectivity index (χ0) is 31.5. The van der Waals surface area contributed by atoms with Gasteiger partial charge in [0.2, 0.25) is 5.95 Å². The van der Waals surface area contributed by atoms with Crippen molar-refractivity contribution in [3.05, 3.63) is 145 Å². The van der Waals surface area contributed by atoms with Crippen molar-refractivity contribution < 1.29 is 0 Å². The molecule has 0 fully saturated rings. The van der Waals surface area contributed by atoms with E-state index in [2.05, 4.69) is 112 Å². The van der Waals surface area contributed by atoms with E-state index in [1.807, 2.05) is 42.5 Å². The predicted molar refractivity (Wildman–Crippen MR) is 196 cm³/mol. The van der Waals surface area contributed by atoms with E-state index in [1.165, 1.54) is 54.3 Å². The summed E-state index contributed by atoms with van der Waals surface area (Å²) in [4.78, 5) is 10.5. The van der Waals surface area contributed by atoms with E-state index in [0.29, 0.717) is 11.5 Å². The minimum absolute atomic E-state index is 0.599. The SMILES string of the molecule is N#Cc1cccc(-c2nc(-n3c4ccccc4c4c5c6cc7ccccc7cc6n6c7ccccc7c(cc43)c56)nc3ccccc23)c1. The number of benzene rings is 7. The number of rotatable bonds is 2. The average Bonchev–Trinajstić information content (AvgIpc) is 3.77. The van der Waals surface area contributed by atoms with Crippen molar-refractivity contribution in [2.75, 3.05) is 0 Å². The van der Waals surface area contributed by atoms with Crippen molar-refractivity contribution in [3.8, 4) is 23.3 Å². The summed E-state index contributed by atoms with van der Waals surface area (Å²) in [6.07, 6.45) is 0. The van der Waals surface area contributed by atoms with E-state index in [1.54, 1.807) is 0 Å². The molecule has 11 rings (SSSR count). The number of nitrogens with zero attached hydrogens (tertiary/aromatic N) is 5. The molecule has 0 N–H and O–H groups in total. The van der Waals surface area contributed by atoms with Crippen LogP contribution in [-0.2, 0) is 0 Å². The number of nitriles is 1. The van der Waals surface area contributed by atoms with Gasteiger partial charge in [0.1, 0.15) is 0 Å². The van der Waals surface area contributed by atoms with Gasteiger partial charge in [0.15, 0.2) is 0 Å². The summed E-state index contributed by atoms with van der Waals surface area (Å²) >= 11 is 0. The minimum Gasteiger partial charge on any atom is -0.308 e. The molecule has 5 nitrogen and oxygen atoms in total. The molecular weight excluding hydrogens is 587 g/mol. The first kappa shape index (κ1) is 25.4. The molecule has 0 saturated carbocycles. The van der Waals surface area contributed by atoms with Crippen molar-refractivity contribution in [1.29, 1.82) is 5.26 Å². The lowest BCUT2D eigenvalue weighted by molar-refractivity contribution is 1.01. The Morgan fingerprint density at radius 3 is 2.08 bits per heavy atom. The Morgan fingerprint density at radius 1 is 0.500 bits per heavy atom. The van der Waals surface area contributed by atoms with E-state index in [-0.39, 0.29) is 0 Å². The fourth-order valence-corrected chi connectivity index (χ4v) is 8.03. The van der Waals surface area contributed by atoms with Crippen LogP contribution in [0.1, 0.15) is 5.56 Å². The standard InChI is InChI=1S/C43H23N5/c44-24-25-10-9-13-28(20-25)41-30-15-3-6-17-34(30)45-43(46-41)48-36-19-8-5-16-31(36)39-38(48)23-32-29-14-4-7-18-35(29)47-37-22-27-12-2-1-11-26(27)21-33(37)40(39)42(32)47/h1-23H. The molecule has 0 bridgehead atoms. The van der Waals surface area contributed by atoms with Gasteiger partial charge in [-0.2, -0.15) is 5.26 Å². The normalized spacial score (nSPS) is 12.1. The van der Waals surface area contributed by atoms with E-state index in [0.717, 1.165) is 38.6 Å². The monoisotopic (exact) mass is 609 g/mol. The summed E-state index contributed by atoms with van der Waals surface area (Å²) in [5.41, 5.74) is 8.91. The van der Waals surface area contributed by atoms with Crippen LogP contribution in [0.2, 0.25) is 0 Å². The van der Waals surface area contributed by atoms with Gasteiger partial charge in [0.05, 0.1) is 50.4 Å². The molecule has 0 aliphatic rings. The lowest BCUT2D eigenvalue weighted by atomic mass is 10.0. The number of hydrogen-bond donors (Lipinski definition) is 0. The first-order valence-corrected chi connectivity index (χ1v) is 16.1. The summed E-state index contributed by atoms with van der Waals surface area (Å²) in [6.45, 7) is 0. The van der Waals surface area contributed by atoms with Crippen molar-refractivity contribution in [3.63, 3.8) is 0 Å². The first-order chi connectivity index (χ1) is 23.8. The number of para-hydroxylation sites is 3. The summed E-state index contributed by atoms with van der Waals surface area (Å²) < 4.78 is 4.69. The molecule has 0 unspecified atom stereocenters. The first-order valence-electron chi connectivity index (χ1n) is 16.1. The van der Waals surface area contributed by atoms with Crippen LogP contribution < -0.4 is 0 Å². The zero-order valence-corrected chi connectivity index (χ0v) is 25.5. The molecule has 0 radical (unpaired) electrons. The van der Waals surface area contributed by atoms with E-state index in [4.69, 9.17) is 9.97 Å². The second-order valence-corrected chi connectivity index (χ2v) is 12.5. The largest absolute Gasteiger partial charge is 0.308 e. The van der Waals surface area contributed by atoms with Gasteiger partial charge in [-0.1, -0.05) is 91.0 Å². The van der Waals surface area contributed by atoms with Crippen LogP contribution in [0.5, 0.6) is 0 Å². The van der Waals surface area contributed by atoms with Crippen LogP contribution in [0.15, 0.2) is 140 Å². The molecule has 7 aromatic carbocycles. The summed E-state index contributed by atoms with van der Waals surface area (Å²) in [5.74, 6) is 0.601. The average molecular weight is 610 g/mol. The third-order valence-corrected chi connectivity index (χ3v) is 10.0. The van der Waals surface area contributed by atoms with Crippen molar-refractivity contribution in [1.82, 2.24) is 18.9 Å². The number of hydrogen-bond acceptors (Lipinski definition) is 3. The highest BCUT2D eigenvalue weighted by atomic mass is 15.2. The van der Waals surface area contributed by atoms with Gasteiger partial charge in [-0.05, 0) is 59.3 Å². The molecule has 4 aromatic heterocycles. The van der Waals surface area contributed by atoms with E-state index in [9.17, 15) is 5.26 Å². The van der Waals surface area contributed by atoms with Gasteiger partial charge in [0.25, 0.3) is 0 Å². The Hall–Kier alpha value is -6.77. The van der Waals surface area contributed by atoms with Crippen LogP contribution >= 0.6 is 0 Å². The van der Waals surface area contributed by atoms with Gasteiger partial charge >= 0.3 is 0 Å². The predicted octanol–water partition coefficient (Wildman–Crippen LogP) is 10.6. The summed E-state index contributed by atoms with van der Waals surface area (Å²) in [7, 11) is 0. The molecule has 220 valence electrons. The Morgan fingerprint density at radius 2 is 1.23 bits per heavy atom. The minimum atomic E-state index is 0.599. The molecule has 0 saturated heterocycles. The number of fused-ring (bicyclic) bond motifs is 12. The second-order valence-electron chi connectivity index (χ2n) is 12.5. The maximum atomic E-state index is 9.70. The molecule has 0 aliphatic carbocycles. The van der Waals surface area contributed by atoms with Crippen LogP contribution in [0.25, 0.3) is 98.8 Å². The fourth-order valence-electron chi connectivity index (χ4n) is 8.03. The van der Waals surface area contributed by atoms with Gasteiger partial charge in [-0.15, -0.1) is 0 Å². The third kappa shape index (κ3) is 3.23. The summed E-state index contributed by atoms with van der Waals surface area (Å²) in [5, 5.41) is 20.4. The molecule has 0 aliphatic heterocycles. The van der Waals surface area contributed by atoms with Crippen LogP contribution in [-0.4, -0.2) is 18.9 Å². The van der Waals surface area contributed by atoms with Crippen LogP contribution in [0.3, 0.4) is 0 Å². The van der Waals surface area contributed by atoms with Crippen molar-refractivity contribution in [2.45, 2.75) is 0 Å². The fraction of sp³-hybridized carbons (Fsp3) is 0. The molecule has 0 amide bonds.